The van der Waals surface area contributed by atoms with Crippen LogP contribution in [0.3, 0.4) is 0 Å². The Kier molecular flexibility index (Phi) is 4.12. The Labute approximate surface area is 117 Å². The molecule has 3 amide bonds. The third-order valence-electron chi connectivity index (χ3n) is 3.39. The van der Waals surface area contributed by atoms with Crippen molar-refractivity contribution in [2.45, 2.75) is 25.8 Å². The maximum Gasteiger partial charge on any atom is 0.254 e. The highest BCUT2D eigenvalue weighted by Gasteiger charge is 2.41. The Hall–Kier alpha value is -2.24. The van der Waals surface area contributed by atoms with Gasteiger partial charge in [0.25, 0.3) is 11.8 Å². The lowest BCUT2D eigenvalue weighted by atomic mass is 10.1. The van der Waals surface area contributed by atoms with E-state index in [-0.39, 0.29) is 24.1 Å². The van der Waals surface area contributed by atoms with E-state index in [1.807, 2.05) is 6.92 Å². The van der Waals surface area contributed by atoms with Crippen LogP contribution in [0.25, 0.3) is 0 Å². The molecule has 0 saturated carbocycles. The molecule has 1 aliphatic rings. The number of pyridine rings is 1. The van der Waals surface area contributed by atoms with Gasteiger partial charge < -0.3 is 4.90 Å². The van der Waals surface area contributed by atoms with E-state index < -0.39 is 6.04 Å². The summed E-state index contributed by atoms with van der Waals surface area (Å²) in [5.41, 5.74) is 0.475. The topological polar surface area (TPSA) is 70.6 Å². The van der Waals surface area contributed by atoms with Crippen molar-refractivity contribution in [2.75, 3.05) is 13.6 Å². The van der Waals surface area contributed by atoms with E-state index in [9.17, 15) is 14.4 Å². The molecule has 1 fully saturated rings. The zero-order valence-electron chi connectivity index (χ0n) is 11.6. The number of imide groups is 1. The molecule has 106 valence electrons. The first-order valence-corrected chi connectivity index (χ1v) is 6.57. The molecule has 6 heteroatoms. The highest BCUT2D eigenvalue weighted by Crippen LogP contribution is 2.19. The minimum atomic E-state index is -0.687. The summed E-state index contributed by atoms with van der Waals surface area (Å²) >= 11 is 0. The van der Waals surface area contributed by atoms with Gasteiger partial charge in [-0.1, -0.05) is 6.92 Å². The van der Waals surface area contributed by atoms with Gasteiger partial charge in [0.2, 0.25) is 5.91 Å². The molecule has 1 aliphatic heterocycles. The average molecular weight is 275 g/mol. The molecule has 1 unspecified atom stereocenters. The SMILES string of the molecule is CCCN(C(=O)c1ccncc1)C1CC(=O)N(C)C1=O. The zero-order chi connectivity index (χ0) is 14.7. The normalized spacial score (nSPS) is 18.5. The standard InChI is InChI=1S/C14H17N3O3/c1-3-8-17(11-9-12(18)16(2)14(11)20)13(19)10-4-6-15-7-5-10/h4-7,11H,3,8-9H2,1-2H3. The summed E-state index contributed by atoms with van der Waals surface area (Å²) in [7, 11) is 1.45. The molecule has 1 atom stereocenters. The largest absolute Gasteiger partial charge is 0.326 e. The van der Waals surface area contributed by atoms with Crippen LogP contribution in [0.1, 0.15) is 30.1 Å². The molecule has 6 nitrogen and oxygen atoms in total. The fourth-order valence-corrected chi connectivity index (χ4v) is 2.28. The van der Waals surface area contributed by atoms with Gasteiger partial charge in [0.05, 0.1) is 6.42 Å². The first-order valence-electron chi connectivity index (χ1n) is 6.57. The predicted molar refractivity (Wildman–Crippen MR) is 71.7 cm³/mol. The summed E-state index contributed by atoms with van der Waals surface area (Å²) in [6, 6.07) is 2.53. The highest BCUT2D eigenvalue weighted by atomic mass is 16.2. The number of likely N-dealkylation sites (N-methyl/N-ethyl adjacent to an activating group) is 1. The Morgan fingerprint density at radius 3 is 2.55 bits per heavy atom. The van der Waals surface area contributed by atoms with Gasteiger partial charge in [-0.15, -0.1) is 0 Å². The van der Waals surface area contributed by atoms with Gasteiger partial charge in [-0.2, -0.15) is 0 Å². The number of hydrogen-bond donors (Lipinski definition) is 0. The maximum atomic E-state index is 12.5. The molecular weight excluding hydrogens is 258 g/mol. The number of likely N-dealkylation sites (tertiary alicyclic amines) is 1. The Bertz CT molecular complexity index is 530. The molecule has 0 bridgehead atoms. The third kappa shape index (κ3) is 2.54. The van der Waals surface area contributed by atoms with Crippen LogP contribution < -0.4 is 0 Å². The smallest absolute Gasteiger partial charge is 0.254 e. The quantitative estimate of drug-likeness (QED) is 0.758. The van der Waals surface area contributed by atoms with Crippen LogP contribution in [0.2, 0.25) is 0 Å². The van der Waals surface area contributed by atoms with Crippen molar-refractivity contribution in [3.63, 3.8) is 0 Å². The van der Waals surface area contributed by atoms with Crippen molar-refractivity contribution in [1.82, 2.24) is 14.8 Å². The molecule has 0 radical (unpaired) electrons. The van der Waals surface area contributed by atoms with Crippen LogP contribution in [-0.2, 0) is 9.59 Å². The average Bonchev–Trinajstić information content (AvgIpc) is 2.72. The van der Waals surface area contributed by atoms with Crippen molar-refractivity contribution >= 4 is 17.7 Å². The maximum absolute atomic E-state index is 12.5. The van der Waals surface area contributed by atoms with Gasteiger partial charge >= 0.3 is 0 Å². The molecule has 2 rings (SSSR count). The number of nitrogens with zero attached hydrogens (tertiary/aromatic N) is 3. The van der Waals surface area contributed by atoms with E-state index in [1.165, 1.54) is 24.3 Å². The molecule has 0 N–H and O–H groups in total. The van der Waals surface area contributed by atoms with Crippen LogP contribution >= 0.6 is 0 Å². The van der Waals surface area contributed by atoms with E-state index in [0.717, 1.165) is 11.3 Å². The van der Waals surface area contributed by atoms with E-state index in [2.05, 4.69) is 4.98 Å². The van der Waals surface area contributed by atoms with E-state index in [4.69, 9.17) is 0 Å². The fourth-order valence-electron chi connectivity index (χ4n) is 2.28. The van der Waals surface area contributed by atoms with Crippen molar-refractivity contribution in [2.24, 2.45) is 0 Å². The molecule has 20 heavy (non-hydrogen) atoms. The summed E-state index contributed by atoms with van der Waals surface area (Å²) < 4.78 is 0. The lowest BCUT2D eigenvalue weighted by Crippen LogP contribution is -2.45. The minimum absolute atomic E-state index is 0.0617. The van der Waals surface area contributed by atoms with Gasteiger partial charge in [-0.25, -0.2) is 0 Å². The van der Waals surface area contributed by atoms with Gasteiger partial charge in [0.1, 0.15) is 6.04 Å². The molecule has 1 aromatic rings. The van der Waals surface area contributed by atoms with Crippen LogP contribution in [0.15, 0.2) is 24.5 Å². The zero-order valence-corrected chi connectivity index (χ0v) is 11.6. The Balaban J connectivity index is 2.26. The van der Waals surface area contributed by atoms with Gasteiger partial charge in [0.15, 0.2) is 0 Å². The number of carbonyl (C=O) groups excluding carboxylic acids is 3. The third-order valence-corrected chi connectivity index (χ3v) is 3.39. The van der Waals surface area contributed by atoms with E-state index in [0.29, 0.717) is 12.1 Å². The van der Waals surface area contributed by atoms with E-state index >= 15 is 0 Å². The van der Waals surface area contributed by atoms with Crippen LogP contribution in [0, 0.1) is 0 Å². The molecule has 0 aromatic carbocycles. The highest BCUT2D eigenvalue weighted by molar-refractivity contribution is 6.07. The molecule has 1 aromatic heterocycles. The summed E-state index contributed by atoms with van der Waals surface area (Å²) in [6.45, 7) is 2.37. The minimum Gasteiger partial charge on any atom is -0.326 e. The van der Waals surface area contributed by atoms with Crippen LogP contribution in [-0.4, -0.2) is 52.1 Å². The number of hydrogen-bond acceptors (Lipinski definition) is 4. The summed E-state index contributed by atoms with van der Waals surface area (Å²) in [5, 5.41) is 0. The Morgan fingerprint density at radius 2 is 2.05 bits per heavy atom. The number of carbonyl (C=O) groups is 3. The number of aromatic nitrogens is 1. The van der Waals surface area contributed by atoms with Crippen molar-refractivity contribution in [3.05, 3.63) is 30.1 Å². The monoisotopic (exact) mass is 275 g/mol. The van der Waals surface area contributed by atoms with Crippen molar-refractivity contribution in [1.29, 1.82) is 0 Å². The number of amides is 3. The van der Waals surface area contributed by atoms with Crippen LogP contribution in [0.4, 0.5) is 0 Å². The second kappa shape index (κ2) is 5.81. The van der Waals surface area contributed by atoms with E-state index in [1.54, 1.807) is 12.1 Å². The van der Waals surface area contributed by atoms with Crippen molar-refractivity contribution in [3.8, 4) is 0 Å². The predicted octanol–water partition coefficient (Wildman–Crippen LogP) is 0.691. The summed E-state index contributed by atoms with van der Waals surface area (Å²) in [5.74, 6) is -0.801. The fraction of sp³-hybridized carbons (Fsp3) is 0.429. The lowest BCUT2D eigenvalue weighted by molar-refractivity contribution is -0.137. The first kappa shape index (κ1) is 14.2. The second-order valence-electron chi connectivity index (χ2n) is 4.75. The second-order valence-corrected chi connectivity index (χ2v) is 4.75. The molecule has 2 heterocycles. The summed E-state index contributed by atoms with van der Waals surface area (Å²) in [6.07, 6.45) is 3.85. The van der Waals surface area contributed by atoms with Crippen molar-refractivity contribution < 1.29 is 14.4 Å². The molecule has 0 spiro atoms. The van der Waals surface area contributed by atoms with Gasteiger partial charge in [-0.3, -0.25) is 24.3 Å². The first-order chi connectivity index (χ1) is 9.56. The summed E-state index contributed by atoms with van der Waals surface area (Å²) in [4.78, 5) is 42.6. The Morgan fingerprint density at radius 1 is 1.40 bits per heavy atom. The van der Waals surface area contributed by atoms with Gasteiger partial charge in [-0.05, 0) is 18.6 Å². The number of rotatable bonds is 4. The molecular formula is C14H17N3O3. The molecule has 0 aliphatic carbocycles. The molecule has 1 saturated heterocycles. The van der Waals surface area contributed by atoms with Crippen LogP contribution in [0.5, 0.6) is 0 Å². The van der Waals surface area contributed by atoms with Gasteiger partial charge in [0, 0.05) is 31.5 Å². The lowest BCUT2D eigenvalue weighted by Gasteiger charge is -2.26.